The summed E-state index contributed by atoms with van der Waals surface area (Å²) in [7, 11) is 0. The van der Waals surface area contributed by atoms with Crippen LogP contribution in [-0.4, -0.2) is 43.7 Å². The van der Waals surface area contributed by atoms with Crippen molar-refractivity contribution in [2.75, 3.05) is 17.2 Å². The van der Waals surface area contributed by atoms with Gasteiger partial charge < -0.3 is 20.1 Å². The Morgan fingerprint density at radius 3 is 2.00 bits per heavy atom. The van der Waals surface area contributed by atoms with Crippen LogP contribution >= 0.6 is 0 Å². The Labute approximate surface area is 304 Å². The van der Waals surface area contributed by atoms with Crippen LogP contribution < -0.4 is 10.6 Å². The molecule has 0 bridgehead atoms. The van der Waals surface area contributed by atoms with E-state index < -0.39 is 23.3 Å². The number of carbonyl (C=O) groups is 1. The first kappa shape index (κ1) is 34.6. The maximum Gasteiger partial charge on any atom is 0.338 e. The van der Waals surface area contributed by atoms with Gasteiger partial charge in [-0.25, -0.2) is 9.78 Å². The lowest BCUT2D eigenvalue weighted by atomic mass is 9.77. The first-order chi connectivity index (χ1) is 25.4. The highest BCUT2D eigenvalue weighted by atomic mass is 16.6. The molecule has 2 unspecified atom stereocenters. The summed E-state index contributed by atoms with van der Waals surface area (Å²) in [5.41, 5.74) is 2.74. The average molecular weight is 693 g/mol. The Morgan fingerprint density at radius 1 is 0.904 bits per heavy atom. The first-order valence-corrected chi connectivity index (χ1v) is 17.9. The Hall–Kier alpha value is -5.80. The number of nitrogens with one attached hydrogen (secondary N) is 2. The van der Waals surface area contributed by atoms with Crippen LogP contribution in [0.3, 0.4) is 0 Å². The van der Waals surface area contributed by atoms with Gasteiger partial charge in [0.25, 0.3) is 0 Å². The van der Waals surface area contributed by atoms with Crippen LogP contribution in [0.4, 0.5) is 11.8 Å². The molecule has 1 aliphatic rings. The molecule has 0 aliphatic carbocycles. The van der Waals surface area contributed by atoms with Crippen molar-refractivity contribution < 1.29 is 14.3 Å². The zero-order valence-corrected chi connectivity index (χ0v) is 29.8. The van der Waals surface area contributed by atoms with Gasteiger partial charge >= 0.3 is 5.97 Å². The molecule has 1 saturated heterocycles. The van der Waals surface area contributed by atoms with E-state index in [1.165, 1.54) is 0 Å². The molecular weight excluding hydrogens is 649 g/mol. The van der Waals surface area contributed by atoms with Crippen molar-refractivity contribution in [2.45, 2.75) is 57.1 Å². The monoisotopic (exact) mass is 692 g/mol. The lowest BCUT2D eigenvalue weighted by molar-refractivity contribution is -0.0947. The number of nitrogens with zero attached hydrogens (tertiary/aromatic N) is 4. The third-order valence-corrected chi connectivity index (χ3v) is 10.2. The number of anilines is 2. The number of benzene rings is 4. The normalized spacial score (nSPS) is 20.0. The zero-order chi connectivity index (χ0) is 36.1. The summed E-state index contributed by atoms with van der Waals surface area (Å²) in [5.74, 6) is 0.413. The molecule has 4 aromatic carbocycles. The average Bonchev–Trinajstić information content (AvgIpc) is 3.72. The zero-order valence-electron chi connectivity index (χ0n) is 29.8. The van der Waals surface area contributed by atoms with E-state index in [2.05, 4.69) is 67.5 Å². The fourth-order valence-corrected chi connectivity index (χ4v) is 7.29. The Balaban J connectivity index is 1.40. The number of fused-ring (bicyclic) bond motifs is 1. The van der Waals surface area contributed by atoms with Crippen molar-refractivity contribution in [3.63, 3.8) is 0 Å². The number of hydrogen-bond donors (Lipinski definition) is 2. The van der Waals surface area contributed by atoms with Crippen molar-refractivity contribution in [1.82, 2.24) is 19.5 Å². The number of carbonyl (C=O) groups excluding carboxylic acids is 1. The van der Waals surface area contributed by atoms with Gasteiger partial charge in [-0.15, -0.1) is 6.58 Å². The predicted molar refractivity (Wildman–Crippen MR) is 205 cm³/mol. The van der Waals surface area contributed by atoms with Gasteiger partial charge in [-0.05, 0) is 48.6 Å². The van der Waals surface area contributed by atoms with Crippen LogP contribution in [0.5, 0.6) is 0 Å². The van der Waals surface area contributed by atoms with Crippen molar-refractivity contribution in [3.05, 3.63) is 163 Å². The summed E-state index contributed by atoms with van der Waals surface area (Å²) < 4.78 is 15.0. The molecule has 2 N–H and O–H groups in total. The molecule has 4 atom stereocenters. The molecule has 7 rings (SSSR count). The van der Waals surface area contributed by atoms with Gasteiger partial charge in [0.15, 0.2) is 28.8 Å². The van der Waals surface area contributed by atoms with E-state index in [9.17, 15) is 4.79 Å². The smallest absolute Gasteiger partial charge is 0.338 e. The number of ether oxygens (including phenoxy) is 2. The fraction of sp³-hybridized carbons (Fsp3) is 0.256. The summed E-state index contributed by atoms with van der Waals surface area (Å²) >= 11 is 0. The van der Waals surface area contributed by atoms with Gasteiger partial charge in [-0.3, -0.25) is 4.57 Å². The molecule has 52 heavy (non-hydrogen) atoms. The van der Waals surface area contributed by atoms with Crippen LogP contribution in [0, 0.1) is 5.92 Å². The van der Waals surface area contributed by atoms with Gasteiger partial charge in [0.2, 0.25) is 5.95 Å². The molecule has 264 valence electrons. The second-order valence-electron chi connectivity index (χ2n) is 13.4. The Kier molecular flexibility index (Phi) is 9.87. The van der Waals surface area contributed by atoms with E-state index in [0.29, 0.717) is 35.0 Å². The van der Waals surface area contributed by atoms with E-state index >= 15 is 0 Å². The molecule has 6 aromatic rings. The molecule has 2 aromatic heterocycles. The van der Waals surface area contributed by atoms with E-state index in [1.807, 2.05) is 90.4 Å². The minimum absolute atomic E-state index is 0.126. The molecule has 9 nitrogen and oxygen atoms in total. The summed E-state index contributed by atoms with van der Waals surface area (Å²) in [6.07, 6.45) is 4.17. The summed E-state index contributed by atoms with van der Waals surface area (Å²) in [4.78, 5) is 28.7. The van der Waals surface area contributed by atoms with Crippen LogP contribution in [0.25, 0.3) is 11.2 Å². The largest absolute Gasteiger partial charge is 0.451 e. The highest BCUT2D eigenvalue weighted by Crippen LogP contribution is 2.48. The first-order valence-electron chi connectivity index (χ1n) is 17.9. The van der Waals surface area contributed by atoms with Crippen LogP contribution in [0.1, 0.15) is 66.9 Å². The van der Waals surface area contributed by atoms with Gasteiger partial charge in [0.1, 0.15) is 5.54 Å². The maximum atomic E-state index is 13.6. The van der Waals surface area contributed by atoms with Gasteiger partial charge in [-0.2, -0.15) is 9.97 Å². The number of esters is 1. The van der Waals surface area contributed by atoms with Crippen molar-refractivity contribution in [1.29, 1.82) is 0 Å². The fourth-order valence-electron chi connectivity index (χ4n) is 7.29. The molecule has 0 radical (unpaired) electrons. The molecule has 0 amide bonds. The molecule has 1 fully saturated rings. The summed E-state index contributed by atoms with van der Waals surface area (Å²) in [6.45, 7) is 10.6. The number of aromatic nitrogens is 4. The molecule has 0 saturated carbocycles. The van der Waals surface area contributed by atoms with Gasteiger partial charge in [-0.1, -0.05) is 129 Å². The second-order valence-corrected chi connectivity index (χ2v) is 13.4. The van der Waals surface area contributed by atoms with Crippen molar-refractivity contribution in [3.8, 4) is 0 Å². The second kappa shape index (κ2) is 14.8. The SMILES string of the molecule is C=CCCNc1nc(NC(c2ccccc2)(c2ccccc2)c2ccccc2)nc2c1ncn2C1OC(CC)[C@@H](C)[C@@]1(C)OC(=O)c1ccccc1. The van der Waals surface area contributed by atoms with Crippen LogP contribution in [-0.2, 0) is 15.0 Å². The lowest BCUT2D eigenvalue weighted by Crippen LogP contribution is -2.43. The predicted octanol–water partition coefficient (Wildman–Crippen LogP) is 8.78. The van der Waals surface area contributed by atoms with Crippen molar-refractivity contribution in [2.24, 2.45) is 5.92 Å². The third-order valence-electron chi connectivity index (χ3n) is 10.2. The topological polar surface area (TPSA) is 103 Å². The standard InChI is InChI=1S/C43H44N6O3/c1-5-7-28-44-37-36-38(49(29-45-36)40-42(4,30(3)35(6-2)51-40)52-39(50)31-20-12-8-13-21-31)47-41(46-37)48-43(32-22-14-9-15-23-32,33-24-16-10-17-25-33)34-26-18-11-19-27-34/h5,8-27,29-30,35,40H,1,6-7,28H2,2-4H3,(H2,44,46,47,48)/t30-,35?,40?,42-/m1/s1. The van der Waals surface area contributed by atoms with Gasteiger partial charge in [0, 0.05) is 12.5 Å². The minimum atomic E-state index is -1.04. The highest BCUT2D eigenvalue weighted by Gasteiger charge is 2.55. The highest BCUT2D eigenvalue weighted by molar-refractivity contribution is 5.89. The summed E-state index contributed by atoms with van der Waals surface area (Å²) in [5, 5.41) is 7.30. The third kappa shape index (κ3) is 6.32. The maximum absolute atomic E-state index is 13.6. The number of imidazole rings is 1. The molecule has 3 heterocycles. The van der Waals surface area contributed by atoms with E-state index in [0.717, 1.165) is 29.5 Å². The number of rotatable bonds is 13. The van der Waals surface area contributed by atoms with Gasteiger partial charge in [0.05, 0.1) is 18.0 Å². The van der Waals surface area contributed by atoms with E-state index in [4.69, 9.17) is 24.4 Å². The van der Waals surface area contributed by atoms with E-state index in [1.54, 1.807) is 18.5 Å². The lowest BCUT2D eigenvalue weighted by Gasteiger charge is -2.37. The minimum Gasteiger partial charge on any atom is -0.451 e. The Bertz CT molecular complexity index is 2030. The van der Waals surface area contributed by atoms with E-state index in [-0.39, 0.29) is 12.0 Å². The van der Waals surface area contributed by atoms with Crippen LogP contribution in [0.2, 0.25) is 0 Å². The summed E-state index contributed by atoms with van der Waals surface area (Å²) in [6, 6.07) is 40.0. The molecule has 0 spiro atoms. The quantitative estimate of drug-likeness (QED) is 0.0536. The Morgan fingerprint density at radius 2 is 1.46 bits per heavy atom. The van der Waals surface area contributed by atoms with Crippen LogP contribution in [0.15, 0.2) is 140 Å². The molecule has 1 aliphatic heterocycles. The molecule has 9 heteroatoms. The van der Waals surface area contributed by atoms with Crippen molar-refractivity contribution >= 4 is 28.9 Å². The molecular formula is C43H44N6O3. The number of hydrogen-bond acceptors (Lipinski definition) is 8.